The first-order valence-electron chi connectivity index (χ1n) is 8.92. The lowest BCUT2D eigenvalue weighted by Gasteiger charge is -2.21. The largest absolute Gasteiger partial charge is 0.381 e. The van der Waals surface area contributed by atoms with Gasteiger partial charge in [-0.05, 0) is 42.5 Å². The molecule has 1 atom stereocenters. The van der Waals surface area contributed by atoms with Gasteiger partial charge in [0.15, 0.2) is 17.3 Å². The fourth-order valence-electron chi connectivity index (χ4n) is 3.37. The molecule has 1 fully saturated rings. The minimum absolute atomic E-state index is 0.142. The number of rotatable bonds is 4. The van der Waals surface area contributed by atoms with Gasteiger partial charge in [-0.1, -0.05) is 18.2 Å². The molecule has 0 spiro atoms. The highest BCUT2D eigenvalue weighted by molar-refractivity contribution is 6.05. The van der Waals surface area contributed by atoms with Crippen LogP contribution in [0.25, 0.3) is 22.0 Å². The summed E-state index contributed by atoms with van der Waals surface area (Å²) in [5, 5.41) is 10.4. The van der Waals surface area contributed by atoms with E-state index in [0.717, 1.165) is 25.5 Å². The lowest BCUT2D eigenvalue weighted by atomic mass is 10.0. The number of hydrogen-bond donors (Lipinski definition) is 2. The minimum Gasteiger partial charge on any atom is -0.381 e. The molecule has 1 amide bonds. The molecule has 1 aliphatic heterocycles. The lowest BCUT2D eigenvalue weighted by Crippen LogP contribution is -2.33. The molecular formula is C20H19F2N3O2. The number of hydrogen-bond acceptors (Lipinski definition) is 3. The quantitative estimate of drug-likeness (QED) is 0.735. The van der Waals surface area contributed by atoms with E-state index in [4.69, 9.17) is 4.74 Å². The molecule has 140 valence electrons. The van der Waals surface area contributed by atoms with Crippen molar-refractivity contribution in [3.8, 4) is 11.1 Å². The fourth-order valence-corrected chi connectivity index (χ4v) is 3.37. The maximum Gasteiger partial charge on any atom is 0.272 e. The Morgan fingerprint density at radius 2 is 2.19 bits per heavy atom. The third kappa shape index (κ3) is 3.55. The van der Waals surface area contributed by atoms with Gasteiger partial charge in [-0.3, -0.25) is 9.89 Å². The first-order chi connectivity index (χ1) is 13.1. The monoisotopic (exact) mass is 371 g/mol. The number of aromatic amines is 1. The molecular weight excluding hydrogens is 352 g/mol. The van der Waals surface area contributed by atoms with Gasteiger partial charge in [0, 0.05) is 24.1 Å². The van der Waals surface area contributed by atoms with Crippen molar-refractivity contribution in [1.29, 1.82) is 0 Å². The van der Waals surface area contributed by atoms with Crippen LogP contribution in [0, 0.1) is 17.6 Å². The van der Waals surface area contributed by atoms with Crippen LogP contribution in [0.3, 0.4) is 0 Å². The number of fused-ring (bicyclic) bond motifs is 1. The number of halogens is 2. The molecule has 2 aromatic carbocycles. The predicted molar refractivity (Wildman–Crippen MR) is 97.3 cm³/mol. The molecule has 4 rings (SSSR count). The van der Waals surface area contributed by atoms with E-state index in [1.54, 1.807) is 18.2 Å². The van der Waals surface area contributed by atoms with Crippen molar-refractivity contribution >= 4 is 16.8 Å². The summed E-state index contributed by atoms with van der Waals surface area (Å²) in [5.74, 6) is -1.83. The van der Waals surface area contributed by atoms with Gasteiger partial charge in [-0.15, -0.1) is 0 Å². The Bertz CT molecular complexity index is 981. The van der Waals surface area contributed by atoms with Crippen LogP contribution in [0.4, 0.5) is 8.78 Å². The van der Waals surface area contributed by atoms with E-state index < -0.39 is 11.6 Å². The highest BCUT2D eigenvalue weighted by Gasteiger charge is 2.19. The number of carbonyl (C=O) groups excluding carboxylic acids is 1. The minimum atomic E-state index is -0.913. The van der Waals surface area contributed by atoms with Crippen molar-refractivity contribution in [1.82, 2.24) is 15.5 Å². The van der Waals surface area contributed by atoms with Gasteiger partial charge in [0.05, 0.1) is 12.1 Å². The molecule has 27 heavy (non-hydrogen) atoms. The average Bonchev–Trinajstić information content (AvgIpc) is 3.12. The molecule has 5 nitrogen and oxygen atoms in total. The van der Waals surface area contributed by atoms with E-state index in [-0.39, 0.29) is 17.2 Å². The second-order valence-electron chi connectivity index (χ2n) is 6.73. The zero-order chi connectivity index (χ0) is 18.8. The van der Waals surface area contributed by atoms with Gasteiger partial charge in [0.2, 0.25) is 0 Å². The maximum atomic E-state index is 14.1. The standard InChI is InChI=1S/C20H19F2N3O2/c21-16-5-1-4-14(18(16)22)13-6-7-17-15(9-13)19(25-24-17)20(26)23-10-12-3-2-8-27-11-12/h1,4-7,9,12H,2-3,8,10-11H2,(H,23,26)(H,24,25). The Kier molecular flexibility index (Phi) is 4.85. The van der Waals surface area contributed by atoms with Crippen LogP contribution < -0.4 is 5.32 Å². The summed E-state index contributed by atoms with van der Waals surface area (Å²) in [6.45, 7) is 1.93. The summed E-state index contributed by atoms with van der Waals surface area (Å²) in [6.07, 6.45) is 2.01. The zero-order valence-electron chi connectivity index (χ0n) is 14.6. The molecule has 1 unspecified atom stereocenters. The van der Waals surface area contributed by atoms with Gasteiger partial charge >= 0.3 is 0 Å². The molecule has 7 heteroatoms. The normalized spacial score (nSPS) is 17.2. The SMILES string of the molecule is O=C(NCC1CCCOC1)c1n[nH]c2ccc(-c3cccc(F)c3F)cc12. The van der Waals surface area contributed by atoms with Crippen LogP contribution in [-0.2, 0) is 4.74 Å². The van der Waals surface area contributed by atoms with Crippen molar-refractivity contribution in [3.63, 3.8) is 0 Å². The number of aromatic nitrogens is 2. The van der Waals surface area contributed by atoms with Crippen molar-refractivity contribution in [2.24, 2.45) is 5.92 Å². The topological polar surface area (TPSA) is 67.0 Å². The smallest absolute Gasteiger partial charge is 0.272 e. The van der Waals surface area contributed by atoms with Crippen molar-refractivity contribution < 1.29 is 18.3 Å². The van der Waals surface area contributed by atoms with Gasteiger partial charge in [-0.2, -0.15) is 5.10 Å². The number of ether oxygens (including phenoxy) is 1. The molecule has 0 saturated carbocycles. The van der Waals surface area contributed by atoms with E-state index in [0.29, 0.717) is 35.5 Å². The third-order valence-electron chi connectivity index (χ3n) is 4.85. The summed E-state index contributed by atoms with van der Waals surface area (Å²) >= 11 is 0. The number of nitrogens with one attached hydrogen (secondary N) is 2. The number of carbonyl (C=O) groups is 1. The molecule has 2 heterocycles. The van der Waals surface area contributed by atoms with E-state index in [9.17, 15) is 13.6 Å². The first kappa shape index (κ1) is 17.6. The zero-order valence-corrected chi connectivity index (χ0v) is 14.6. The Hall–Kier alpha value is -2.80. The van der Waals surface area contributed by atoms with Crippen molar-refractivity contribution in [2.75, 3.05) is 19.8 Å². The number of amides is 1. The summed E-state index contributed by atoms with van der Waals surface area (Å²) in [6, 6.07) is 9.04. The van der Waals surface area contributed by atoms with E-state index in [1.807, 2.05) is 0 Å². The van der Waals surface area contributed by atoms with Crippen LogP contribution in [0.5, 0.6) is 0 Å². The maximum absolute atomic E-state index is 14.1. The highest BCUT2D eigenvalue weighted by Crippen LogP contribution is 2.28. The summed E-state index contributed by atoms with van der Waals surface area (Å²) in [5.41, 5.74) is 1.52. The molecule has 1 aliphatic rings. The van der Waals surface area contributed by atoms with Gasteiger partial charge in [-0.25, -0.2) is 8.78 Å². The summed E-state index contributed by atoms with van der Waals surface area (Å²) < 4.78 is 33.1. The van der Waals surface area contributed by atoms with E-state index in [1.165, 1.54) is 12.1 Å². The molecule has 3 aromatic rings. The Morgan fingerprint density at radius 3 is 3.00 bits per heavy atom. The second-order valence-corrected chi connectivity index (χ2v) is 6.73. The Labute approximate surface area is 154 Å². The first-order valence-corrected chi connectivity index (χ1v) is 8.92. The summed E-state index contributed by atoms with van der Waals surface area (Å²) in [7, 11) is 0. The highest BCUT2D eigenvalue weighted by atomic mass is 19.2. The van der Waals surface area contributed by atoms with Crippen LogP contribution in [0.15, 0.2) is 36.4 Å². The van der Waals surface area contributed by atoms with E-state index >= 15 is 0 Å². The van der Waals surface area contributed by atoms with Crippen molar-refractivity contribution in [2.45, 2.75) is 12.8 Å². The number of H-pyrrole nitrogens is 1. The molecule has 1 aromatic heterocycles. The number of nitrogens with zero attached hydrogens (tertiary/aromatic N) is 1. The number of benzene rings is 2. The average molecular weight is 371 g/mol. The molecule has 0 radical (unpaired) electrons. The molecule has 0 aliphatic carbocycles. The summed E-state index contributed by atoms with van der Waals surface area (Å²) in [4.78, 5) is 12.6. The van der Waals surface area contributed by atoms with Crippen molar-refractivity contribution in [3.05, 3.63) is 53.7 Å². The van der Waals surface area contributed by atoms with Crippen LogP contribution >= 0.6 is 0 Å². The van der Waals surface area contributed by atoms with Crippen LogP contribution in [-0.4, -0.2) is 35.9 Å². The van der Waals surface area contributed by atoms with E-state index in [2.05, 4.69) is 15.5 Å². The molecule has 1 saturated heterocycles. The fraction of sp³-hybridized carbons (Fsp3) is 0.300. The third-order valence-corrected chi connectivity index (χ3v) is 4.85. The molecule has 0 bridgehead atoms. The lowest BCUT2D eigenvalue weighted by molar-refractivity contribution is 0.0536. The Morgan fingerprint density at radius 1 is 1.30 bits per heavy atom. The Balaban J connectivity index is 1.60. The molecule has 2 N–H and O–H groups in total. The predicted octanol–water partition coefficient (Wildman–Crippen LogP) is 3.66. The van der Waals surface area contributed by atoms with Gasteiger partial charge in [0.1, 0.15) is 0 Å². The van der Waals surface area contributed by atoms with Gasteiger partial charge < -0.3 is 10.1 Å². The van der Waals surface area contributed by atoms with Crippen LogP contribution in [0.1, 0.15) is 23.3 Å². The van der Waals surface area contributed by atoms with Gasteiger partial charge in [0.25, 0.3) is 5.91 Å². The van der Waals surface area contributed by atoms with Crippen LogP contribution in [0.2, 0.25) is 0 Å². The second kappa shape index (κ2) is 7.44.